The Morgan fingerprint density at radius 2 is 2.17 bits per heavy atom. The molecule has 6 heteroatoms. The van der Waals surface area contributed by atoms with Gasteiger partial charge in [-0.25, -0.2) is 9.97 Å². The summed E-state index contributed by atoms with van der Waals surface area (Å²) in [6.45, 7) is 2.02. The molecule has 2 rings (SSSR count). The van der Waals surface area contributed by atoms with E-state index < -0.39 is 0 Å². The zero-order valence-corrected chi connectivity index (χ0v) is 11.7. The average Bonchev–Trinajstić information content (AvgIpc) is 2.39. The van der Waals surface area contributed by atoms with Gasteiger partial charge in [0, 0.05) is 12.3 Å². The first-order valence-corrected chi connectivity index (χ1v) is 7.05. The highest BCUT2D eigenvalue weighted by molar-refractivity contribution is 7.98. The van der Waals surface area contributed by atoms with Gasteiger partial charge in [0.15, 0.2) is 5.16 Å². The third-order valence-electron chi connectivity index (χ3n) is 2.35. The molecule has 0 aliphatic heterocycles. The van der Waals surface area contributed by atoms with Crippen molar-refractivity contribution in [1.82, 2.24) is 15.0 Å². The minimum Gasteiger partial charge on any atom is -0.362 e. The molecule has 4 nitrogen and oxygen atoms in total. The molecule has 0 fully saturated rings. The second kappa shape index (κ2) is 6.02. The number of rotatable bonds is 4. The summed E-state index contributed by atoms with van der Waals surface area (Å²) in [7, 11) is 0. The van der Waals surface area contributed by atoms with E-state index in [4.69, 9.17) is 11.6 Å². The van der Waals surface area contributed by atoms with Crippen LogP contribution in [0.3, 0.4) is 0 Å². The Hall–Kier alpha value is -1.33. The Morgan fingerprint density at radius 1 is 1.33 bits per heavy atom. The molecule has 18 heavy (non-hydrogen) atoms. The maximum absolute atomic E-state index is 5.94. The van der Waals surface area contributed by atoms with Crippen molar-refractivity contribution in [1.29, 1.82) is 0 Å². The van der Waals surface area contributed by atoms with Gasteiger partial charge in [-0.1, -0.05) is 29.4 Å². The van der Waals surface area contributed by atoms with E-state index in [0.29, 0.717) is 16.1 Å². The predicted octanol–water partition coefficient (Wildman–Crippen LogP) is 3.42. The van der Waals surface area contributed by atoms with Gasteiger partial charge in [-0.15, -0.1) is 0 Å². The summed E-state index contributed by atoms with van der Waals surface area (Å²) in [5, 5.41) is 4.35. The Bertz CT molecular complexity index is 521. The fourth-order valence-electron chi connectivity index (χ4n) is 1.49. The standard InChI is InChI=1S/C12H13ClN4S/c1-8(9-5-3-4-6-14-9)15-11-7-10(13)16-12(17-11)18-2/h3-8H,1-2H3,(H,15,16,17). The molecule has 0 aromatic carbocycles. The number of nitrogens with one attached hydrogen (secondary N) is 1. The first kappa shape index (κ1) is 13.1. The maximum Gasteiger partial charge on any atom is 0.190 e. The van der Waals surface area contributed by atoms with Crippen molar-refractivity contribution in [3.63, 3.8) is 0 Å². The van der Waals surface area contributed by atoms with Gasteiger partial charge in [-0.05, 0) is 25.3 Å². The molecule has 0 amide bonds. The molecule has 0 aliphatic carbocycles. The highest BCUT2D eigenvalue weighted by Gasteiger charge is 2.08. The highest BCUT2D eigenvalue weighted by Crippen LogP contribution is 2.21. The van der Waals surface area contributed by atoms with E-state index in [1.54, 1.807) is 12.3 Å². The van der Waals surface area contributed by atoms with E-state index >= 15 is 0 Å². The molecule has 2 aromatic rings. The van der Waals surface area contributed by atoms with Crippen LogP contribution < -0.4 is 5.32 Å². The zero-order chi connectivity index (χ0) is 13.0. The lowest BCUT2D eigenvalue weighted by Gasteiger charge is -2.14. The van der Waals surface area contributed by atoms with Crippen molar-refractivity contribution in [3.05, 3.63) is 41.3 Å². The molecule has 0 saturated heterocycles. The summed E-state index contributed by atoms with van der Waals surface area (Å²) < 4.78 is 0. The number of hydrogen-bond acceptors (Lipinski definition) is 5. The van der Waals surface area contributed by atoms with Crippen LogP contribution in [0.1, 0.15) is 18.7 Å². The van der Waals surface area contributed by atoms with Gasteiger partial charge in [0.05, 0.1) is 11.7 Å². The van der Waals surface area contributed by atoms with Gasteiger partial charge in [0.1, 0.15) is 11.0 Å². The van der Waals surface area contributed by atoms with Gasteiger partial charge < -0.3 is 5.32 Å². The van der Waals surface area contributed by atoms with E-state index in [-0.39, 0.29) is 6.04 Å². The number of halogens is 1. The number of nitrogens with zero attached hydrogens (tertiary/aromatic N) is 3. The number of pyridine rings is 1. The summed E-state index contributed by atoms with van der Waals surface area (Å²) >= 11 is 7.40. The Kier molecular flexibility index (Phi) is 4.38. The Labute approximate surface area is 115 Å². The van der Waals surface area contributed by atoms with Crippen LogP contribution >= 0.6 is 23.4 Å². The van der Waals surface area contributed by atoms with Crippen LogP contribution in [0.15, 0.2) is 35.6 Å². The minimum absolute atomic E-state index is 0.0619. The van der Waals surface area contributed by atoms with Crippen LogP contribution in [0.25, 0.3) is 0 Å². The topological polar surface area (TPSA) is 50.7 Å². The quantitative estimate of drug-likeness (QED) is 0.528. The lowest BCUT2D eigenvalue weighted by atomic mass is 10.2. The number of anilines is 1. The Balaban J connectivity index is 2.16. The molecule has 1 unspecified atom stereocenters. The number of aromatic nitrogens is 3. The van der Waals surface area contributed by atoms with E-state index in [1.807, 2.05) is 31.4 Å². The fourth-order valence-corrected chi connectivity index (χ4v) is 2.10. The molecular weight excluding hydrogens is 268 g/mol. The lowest BCUT2D eigenvalue weighted by Crippen LogP contribution is -2.10. The van der Waals surface area contributed by atoms with Gasteiger partial charge in [0.2, 0.25) is 0 Å². The molecule has 1 N–H and O–H groups in total. The first-order valence-electron chi connectivity index (χ1n) is 5.45. The average molecular weight is 281 g/mol. The van der Waals surface area contributed by atoms with Gasteiger partial charge in [-0.2, -0.15) is 0 Å². The van der Waals surface area contributed by atoms with Gasteiger partial charge in [-0.3, -0.25) is 4.98 Å². The molecule has 2 aromatic heterocycles. The van der Waals surface area contributed by atoms with Crippen LogP contribution in [0.2, 0.25) is 5.15 Å². The van der Waals surface area contributed by atoms with Crippen molar-refractivity contribution in [2.24, 2.45) is 0 Å². The van der Waals surface area contributed by atoms with Gasteiger partial charge in [0.25, 0.3) is 0 Å². The normalized spacial score (nSPS) is 12.2. The number of hydrogen-bond donors (Lipinski definition) is 1. The SMILES string of the molecule is CSc1nc(Cl)cc(NC(C)c2ccccn2)n1. The first-order chi connectivity index (χ1) is 8.69. The number of thioether (sulfide) groups is 1. The van der Waals surface area contributed by atoms with Crippen molar-refractivity contribution < 1.29 is 0 Å². The van der Waals surface area contributed by atoms with Crippen LogP contribution in [0, 0.1) is 0 Å². The monoisotopic (exact) mass is 280 g/mol. The third-order valence-corrected chi connectivity index (χ3v) is 3.09. The van der Waals surface area contributed by atoms with Crippen molar-refractivity contribution in [3.8, 4) is 0 Å². The molecule has 2 heterocycles. The second-order valence-electron chi connectivity index (χ2n) is 3.68. The van der Waals surface area contributed by atoms with E-state index in [2.05, 4.69) is 20.3 Å². The third kappa shape index (κ3) is 3.34. The lowest BCUT2D eigenvalue weighted by molar-refractivity contribution is 0.821. The molecule has 0 radical (unpaired) electrons. The summed E-state index contributed by atoms with van der Waals surface area (Å²) in [6.07, 6.45) is 3.69. The van der Waals surface area contributed by atoms with Crippen LogP contribution in [0.4, 0.5) is 5.82 Å². The van der Waals surface area contributed by atoms with Gasteiger partial charge >= 0.3 is 0 Å². The molecule has 0 bridgehead atoms. The molecule has 0 spiro atoms. The largest absolute Gasteiger partial charge is 0.362 e. The van der Waals surface area contributed by atoms with Crippen molar-refractivity contribution in [2.75, 3.05) is 11.6 Å². The van der Waals surface area contributed by atoms with Crippen molar-refractivity contribution >= 4 is 29.2 Å². The maximum atomic E-state index is 5.94. The molecule has 1 atom stereocenters. The van der Waals surface area contributed by atoms with Crippen molar-refractivity contribution in [2.45, 2.75) is 18.1 Å². The van der Waals surface area contributed by atoms with Crippen LogP contribution in [0.5, 0.6) is 0 Å². The van der Waals surface area contributed by atoms with E-state index in [9.17, 15) is 0 Å². The van der Waals surface area contributed by atoms with E-state index in [1.165, 1.54) is 11.8 Å². The summed E-state index contributed by atoms with van der Waals surface area (Å²) in [6, 6.07) is 7.59. The van der Waals surface area contributed by atoms with Crippen LogP contribution in [-0.2, 0) is 0 Å². The summed E-state index contributed by atoms with van der Waals surface area (Å²) in [5.74, 6) is 0.706. The van der Waals surface area contributed by atoms with Crippen LogP contribution in [-0.4, -0.2) is 21.2 Å². The molecule has 0 saturated carbocycles. The Morgan fingerprint density at radius 3 is 2.83 bits per heavy atom. The smallest absolute Gasteiger partial charge is 0.190 e. The minimum atomic E-state index is 0.0619. The molecule has 0 aliphatic rings. The second-order valence-corrected chi connectivity index (χ2v) is 4.84. The molecular formula is C12H13ClN4S. The van der Waals surface area contributed by atoms with E-state index in [0.717, 1.165) is 5.69 Å². The zero-order valence-electron chi connectivity index (χ0n) is 10.1. The highest BCUT2D eigenvalue weighted by atomic mass is 35.5. The fraction of sp³-hybridized carbons (Fsp3) is 0.250. The summed E-state index contributed by atoms with van der Waals surface area (Å²) in [5.41, 5.74) is 0.956. The summed E-state index contributed by atoms with van der Waals surface area (Å²) in [4.78, 5) is 12.7. The predicted molar refractivity (Wildman–Crippen MR) is 75.1 cm³/mol. The molecule has 94 valence electrons.